The van der Waals surface area contributed by atoms with Crippen LogP contribution in [0.4, 0.5) is 15.8 Å². The number of anilines is 2. The van der Waals surface area contributed by atoms with Crippen LogP contribution in [0.25, 0.3) is 0 Å². The van der Waals surface area contributed by atoms with Gasteiger partial charge in [0, 0.05) is 16.3 Å². The molecule has 3 aromatic carbocycles. The second-order valence-electron chi connectivity index (χ2n) is 6.72. The lowest BCUT2D eigenvalue weighted by Crippen LogP contribution is -2.21. The van der Waals surface area contributed by atoms with Gasteiger partial charge in [0.2, 0.25) is 5.91 Å². The van der Waals surface area contributed by atoms with E-state index in [0.29, 0.717) is 17.2 Å². The maximum Gasteiger partial charge on any atom is 0.262 e. The number of nitrogens with one attached hydrogen (secondary N) is 2. The molecule has 10 heteroatoms. The molecular weight excluding hydrogens is 453 g/mol. The van der Waals surface area contributed by atoms with E-state index < -0.39 is 23.5 Å². The summed E-state index contributed by atoms with van der Waals surface area (Å²) in [6, 6.07) is 14.3. The van der Waals surface area contributed by atoms with Gasteiger partial charge in [0.25, 0.3) is 11.8 Å². The molecule has 0 spiro atoms. The summed E-state index contributed by atoms with van der Waals surface area (Å²) < 4.78 is 24.7. The van der Waals surface area contributed by atoms with Crippen LogP contribution in [0, 0.1) is 5.82 Å². The van der Waals surface area contributed by atoms with Gasteiger partial charge in [-0.3, -0.25) is 14.4 Å². The summed E-state index contributed by atoms with van der Waals surface area (Å²) in [6.45, 7) is -0.341. The molecule has 0 bridgehead atoms. The number of hydrogen-bond donors (Lipinski definition) is 3. The highest BCUT2D eigenvalue weighted by atomic mass is 35.5. The van der Waals surface area contributed by atoms with E-state index in [1.807, 2.05) is 0 Å². The third-order valence-electron chi connectivity index (χ3n) is 4.40. The number of methoxy groups -OCH3 is 1. The van der Waals surface area contributed by atoms with Gasteiger partial charge in [-0.05, 0) is 54.6 Å². The number of primary amides is 1. The summed E-state index contributed by atoms with van der Waals surface area (Å²) in [5.41, 5.74) is 5.82. The van der Waals surface area contributed by atoms with Crippen molar-refractivity contribution in [2.45, 2.75) is 0 Å². The number of carbonyl (C=O) groups excluding carboxylic acids is 3. The molecule has 0 aliphatic rings. The van der Waals surface area contributed by atoms with Gasteiger partial charge in [0.15, 0.2) is 6.61 Å². The number of rotatable bonds is 8. The first kappa shape index (κ1) is 23.6. The van der Waals surface area contributed by atoms with E-state index in [1.165, 1.54) is 43.5 Å². The van der Waals surface area contributed by atoms with Crippen molar-refractivity contribution in [3.8, 4) is 11.5 Å². The fourth-order valence-electron chi connectivity index (χ4n) is 2.83. The Balaban J connectivity index is 1.68. The minimum absolute atomic E-state index is 0.162. The van der Waals surface area contributed by atoms with Crippen molar-refractivity contribution >= 4 is 40.7 Å². The lowest BCUT2D eigenvalue weighted by atomic mass is 10.2. The first-order valence-electron chi connectivity index (χ1n) is 9.54. The number of hydrogen-bond acceptors (Lipinski definition) is 5. The quantitative estimate of drug-likeness (QED) is 0.461. The highest BCUT2D eigenvalue weighted by Gasteiger charge is 2.15. The summed E-state index contributed by atoms with van der Waals surface area (Å²) >= 11 is 5.72. The van der Waals surface area contributed by atoms with E-state index in [1.54, 1.807) is 18.2 Å². The SMILES string of the molecule is COc1ccc(NC(=O)COc2cccc(C(N)=O)c2)cc1NC(=O)c1ccc(Cl)cc1F. The zero-order chi connectivity index (χ0) is 24.0. The van der Waals surface area contributed by atoms with E-state index in [9.17, 15) is 18.8 Å². The first-order chi connectivity index (χ1) is 15.8. The fourth-order valence-corrected chi connectivity index (χ4v) is 2.99. The van der Waals surface area contributed by atoms with Crippen LogP contribution in [0.15, 0.2) is 60.7 Å². The average molecular weight is 472 g/mol. The number of benzene rings is 3. The Morgan fingerprint density at radius 3 is 2.52 bits per heavy atom. The van der Waals surface area contributed by atoms with Crippen LogP contribution >= 0.6 is 11.6 Å². The topological polar surface area (TPSA) is 120 Å². The lowest BCUT2D eigenvalue weighted by molar-refractivity contribution is -0.118. The monoisotopic (exact) mass is 471 g/mol. The lowest BCUT2D eigenvalue weighted by Gasteiger charge is -2.13. The van der Waals surface area contributed by atoms with E-state index in [0.717, 1.165) is 6.07 Å². The van der Waals surface area contributed by atoms with Crippen LogP contribution in [0.2, 0.25) is 5.02 Å². The standard InChI is InChI=1S/C23H19ClFN3O5/c1-32-20-8-6-15(11-19(20)28-23(31)17-7-5-14(24)10-18(17)25)27-21(29)12-33-16-4-2-3-13(9-16)22(26)30/h2-11H,12H2,1H3,(H2,26,30)(H,27,29)(H,28,31). The van der Waals surface area contributed by atoms with E-state index in [4.69, 9.17) is 26.8 Å². The molecule has 0 radical (unpaired) electrons. The molecule has 0 unspecified atom stereocenters. The summed E-state index contributed by atoms with van der Waals surface area (Å²) in [6.07, 6.45) is 0. The minimum Gasteiger partial charge on any atom is -0.495 e. The van der Waals surface area contributed by atoms with Gasteiger partial charge in [-0.1, -0.05) is 17.7 Å². The third-order valence-corrected chi connectivity index (χ3v) is 4.63. The molecule has 3 aromatic rings. The van der Waals surface area contributed by atoms with Crippen molar-refractivity contribution in [1.82, 2.24) is 0 Å². The highest BCUT2D eigenvalue weighted by Crippen LogP contribution is 2.29. The molecule has 0 fully saturated rings. The number of nitrogens with two attached hydrogens (primary N) is 1. The molecule has 0 atom stereocenters. The fraction of sp³-hybridized carbons (Fsp3) is 0.0870. The molecular formula is C23H19ClFN3O5. The molecule has 4 N–H and O–H groups in total. The molecule has 3 amide bonds. The molecule has 0 aliphatic heterocycles. The highest BCUT2D eigenvalue weighted by molar-refractivity contribution is 6.30. The maximum atomic E-state index is 14.1. The zero-order valence-corrected chi connectivity index (χ0v) is 18.1. The van der Waals surface area contributed by atoms with Crippen LogP contribution in [-0.2, 0) is 4.79 Å². The van der Waals surface area contributed by atoms with Crippen LogP contribution in [0.5, 0.6) is 11.5 Å². The van der Waals surface area contributed by atoms with E-state index in [2.05, 4.69) is 10.6 Å². The van der Waals surface area contributed by atoms with Crippen molar-refractivity contribution in [3.63, 3.8) is 0 Å². The Morgan fingerprint density at radius 2 is 1.82 bits per heavy atom. The van der Waals surface area contributed by atoms with Crippen molar-refractivity contribution in [3.05, 3.63) is 82.6 Å². The zero-order valence-electron chi connectivity index (χ0n) is 17.4. The van der Waals surface area contributed by atoms with Crippen molar-refractivity contribution in [2.75, 3.05) is 24.4 Å². The second-order valence-corrected chi connectivity index (χ2v) is 7.16. The maximum absolute atomic E-state index is 14.1. The molecule has 0 aromatic heterocycles. The van der Waals surface area contributed by atoms with Gasteiger partial charge >= 0.3 is 0 Å². The number of ether oxygens (including phenoxy) is 2. The van der Waals surface area contributed by atoms with Gasteiger partial charge in [-0.2, -0.15) is 0 Å². The Kier molecular flexibility index (Phi) is 7.47. The van der Waals surface area contributed by atoms with Gasteiger partial charge in [-0.15, -0.1) is 0 Å². The van der Waals surface area contributed by atoms with Crippen LogP contribution in [0.1, 0.15) is 20.7 Å². The second kappa shape index (κ2) is 10.5. The molecule has 0 heterocycles. The largest absolute Gasteiger partial charge is 0.495 e. The molecule has 0 saturated heterocycles. The summed E-state index contributed by atoms with van der Waals surface area (Å²) in [5.74, 6) is -2.00. The smallest absolute Gasteiger partial charge is 0.262 e. The van der Waals surface area contributed by atoms with Gasteiger partial charge in [0.05, 0.1) is 18.4 Å². The van der Waals surface area contributed by atoms with Crippen molar-refractivity contribution in [2.24, 2.45) is 5.73 Å². The number of halogens is 2. The Morgan fingerprint density at radius 1 is 1.03 bits per heavy atom. The Bertz CT molecular complexity index is 1220. The summed E-state index contributed by atoms with van der Waals surface area (Å²) in [7, 11) is 1.40. The third kappa shape index (κ3) is 6.20. The average Bonchev–Trinajstić information content (AvgIpc) is 2.78. The first-order valence-corrected chi connectivity index (χ1v) is 9.91. The number of carbonyl (C=O) groups is 3. The minimum atomic E-state index is -0.777. The van der Waals surface area contributed by atoms with Gasteiger partial charge in [0.1, 0.15) is 17.3 Å². The Hall–Kier alpha value is -4.11. The van der Waals surface area contributed by atoms with Gasteiger partial charge in [-0.25, -0.2) is 4.39 Å². The predicted molar refractivity (Wildman–Crippen MR) is 121 cm³/mol. The van der Waals surface area contributed by atoms with Crippen LogP contribution in [0.3, 0.4) is 0 Å². The molecule has 8 nitrogen and oxygen atoms in total. The number of amides is 3. The predicted octanol–water partition coefficient (Wildman–Crippen LogP) is 3.86. The summed E-state index contributed by atoms with van der Waals surface area (Å²) in [4.78, 5) is 36.0. The molecule has 3 rings (SSSR count). The van der Waals surface area contributed by atoms with Crippen molar-refractivity contribution < 1.29 is 28.2 Å². The Labute approximate surface area is 193 Å². The van der Waals surface area contributed by atoms with E-state index >= 15 is 0 Å². The molecule has 0 saturated carbocycles. The van der Waals surface area contributed by atoms with E-state index in [-0.39, 0.29) is 28.4 Å². The molecule has 0 aliphatic carbocycles. The normalized spacial score (nSPS) is 10.3. The summed E-state index contributed by atoms with van der Waals surface area (Å²) in [5, 5.41) is 5.33. The van der Waals surface area contributed by atoms with Crippen LogP contribution in [-0.4, -0.2) is 31.4 Å². The van der Waals surface area contributed by atoms with Gasteiger partial charge < -0.3 is 25.8 Å². The van der Waals surface area contributed by atoms with Crippen LogP contribution < -0.4 is 25.8 Å². The molecule has 33 heavy (non-hydrogen) atoms. The van der Waals surface area contributed by atoms with Crippen molar-refractivity contribution in [1.29, 1.82) is 0 Å². The molecule has 170 valence electrons.